The lowest BCUT2D eigenvalue weighted by Gasteiger charge is -2.14. The summed E-state index contributed by atoms with van der Waals surface area (Å²) >= 11 is 5.97. The number of methoxy groups -OCH3 is 1. The Morgan fingerprint density at radius 3 is 2.76 bits per heavy atom. The molecule has 7 nitrogen and oxygen atoms in total. The van der Waals surface area contributed by atoms with Gasteiger partial charge in [-0.25, -0.2) is 14.1 Å². The lowest BCUT2D eigenvalue weighted by molar-refractivity contribution is 0.0616. The summed E-state index contributed by atoms with van der Waals surface area (Å²) in [6.07, 6.45) is 0.207. The maximum Gasteiger partial charge on any atom is 0.200 e. The SMILES string of the molecule is COCCOCc1cc(Cl)c(F)c(NC(O)c2ncn(Cc3ccccc3)n2)c1. The monoisotopic (exact) mass is 420 g/mol. The van der Waals surface area contributed by atoms with Crippen LogP contribution in [0.15, 0.2) is 48.8 Å². The molecule has 0 spiro atoms. The second-order valence-corrected chi connectivity index (χ2v) is 6.72. The molecular weight excluding hydrogens is 399 g/mol. The van der Waals surface area contributed by atoms with E-state index < -0.39 is 12.0 Å². The number of nitrogens with zero attached hydrogens (tertiary/aromatic N) is 3. The molecule has 0 saturated carbocycles. The van der Waals surface area contributed by atoms with Crippen molar-refractivity contribution < 1.29 is 19.0 Å². The predicted octanol–water partition coefficient (Wildman–Crippen LogP) is 3.38. The Labute approximate surface area is 173 Å². The van der Waals surface area contributed by atoms with Crippen LogP contribution in [0, 0.1) is 5.82 Å². The van der Waals surface area contributed by atoms with Crippen molar-refractivity contribution in [1.29, 1.82) is 0 Å². The fraction of sp³-hybridized carbons (Fsp3) is 0.300. The van der Waals surface area contributed by atoms with Crippen LogP contribution in [-0.4, -0.2) is 40.2 Å². The summed E-state index contributed by atoms with van der Waals surface area (Å²) in [5.41, 5.74) is 1.74. The standard InChI is InChI=1S/C20H22ClFN4O3/c1-28-7-8-29-12-15-9-16(21)18(22)17(10-15)24-20(27)19-23-13-26(25-19)11-14-5-3-2-4-6-14/h2-6,9-10,13,20,24,27H,7-8,11-12H2,1H3. The number of aliphatic hydroxyl groups excluding tert-OH is 1. The van der Waals surface area contributed by atoms with Crippen molar-refractivity contribution in [2.45, 2.75) is 19.4 Å². The lowest BCUT2D eigenvalue weighted by atomic mass is 10.2. The number of rotatable bonds is 10. The third kappa shape index (κ3) is 5.98. The molecule has 2 N–H and O–H groups in total. The van der Waals surface area contributed by atoms with Crippen LogP contribution in [0.5, 0.6) is 0 Å². The first-order chi connectivity index (χ1) is 14.1. The largest absolute Gasteiger partial charge is 0.382 e. The minimum absolute atomic E-state index is 0.0368. The van der Waals surface area contributed by atoms with Gasteiger partial charge in [-0.3, -0.25) is 0 Å². The highest BCUT2D eigenvalue weighted by molar-refractivity contribution is 6.31. The zero-order valence-electron chi connectivity index (χ0n) is 15.9. The maximum atomic E-state index is 14.4. The van der Waals surface area contributed by atoms with E-state index in [1.54, 1.807) is 11.8 Å². The van der Waals surface area contributed by atoms with Gasteiger partial charge < -0.3 is 19.9 Å². The molecular formula is C20H22ClFN4O3. The van der Waals surface area contributed by atoms with Crippen LogP contribution >= 0.6 is 11.6 Å². The zero-order chi connectivity index (χ0) is 20.6. The van der Waals surface area contributed by atoms with Crippen LogP contribution in [0.3, 0.4) is 0 Å². The Hall–Kier alpha value is -2.52. The summed E-state index contributed by atoms with van der Waals surface area (Å²) in [5, 5.41) is 17.2. The fourth-order valence-electron chi connectivity index (χ4n) is 2.66. The van der Waals surface area contributed by atoms with Crippen LogP contribution in [0.1, 0.15) is 23.2 Å². The van der Waals surface area contributed by atoms with Crippen LogP contribution in [0.25, 0.3) is 0 Å². The molecule has 0 aliphatic carbocycles. The first-order valence-electron chi connectivity index (χ1n) is 8.99. The van der Waals surface area contributed by atoms with Crippen LogP contribution < -0.4 is 5.32 Å². The zero-order valence-corrected chi connectivity index (χ0v) is 16.6. The predicted molar refractivity (Wildman–Crippen MR) is 107 cm³/mol. The van der Waals surface area contributed by atoms with E-state index in [0.717, 1.165) is 5.56 Å². The molecule has 9 heteroatoms. The minimum Gasteiger partial charge on any atom is -0.382 e. The summed E-state index contributed by atoms with van der Waals surface area (Å²) in [4.78, 5) is 4.10. The molecule has 1 atom stereocenters. The molecule has 0 saturated heterocycles. The highest BCUT2D eigenvalue weighted by atomic mass is 35.5. The highest BCUT2D eigenvalue weighted by Crippen LogP contribution is 2.27. The van der Waals surface area contributed by atoms with Gasteiger partial charge in [0.15, 0.2) is 17.9 Å². The van der Waals surface area contributed by atoms with E-state index in [4.69, 9.17) is 21.1 Å². The van der Waals surface area contributed by atoms with Crippen LogP contribution in [-0.2, 0) is 22.6 Å². The van der Waals surface area contributed by atoms with E-state index in [1.807, 2.05) is 30.3 Å². The number of nitrogens with one attached hydrogen (secondary N) is 1. The summed E-state index contributed by atoms with van der Waals surface area (Å²) in [5.74, 6) is -0.548. The van der Waals surface area contributed by atoms with Gasteiger partial charge in [-0.15, -0.1) is 0 Å². The van der Waals surface area contributed by atoms with E-state index in [1.165, 1.54) is 18.5 Å². The van der Waals surface area contributed by atoms with Gasteiger partial charge in [0.2, 0.25) is 0 Å². The van der Waals surface area contributed by atoms with Crippen molar-refractivity contribution in [3.05, 3.63) is 76.6 Å². The first kappa shape index (κ1) is 21.2. The van der Waals surface area contributed by atoms with E-state index in [-0.39, 0.29) is 23.1 Å². The quantitative estimate of drug-likeness (QED) is 0.386. The van der Waals surface area contributed by atoms with Crippen molar-refractivity contribution in [1.82, 2.24) is 14.8 Å². The van der Waals surface area contributed by atoms with Crippen LogP contribution in [0.4, 0.5) is 10.1 Å². The van der Waals surface area contributed by atoms with Gasteiger partial charge >= 0.3 is 0 Å². The number of halogens is 2. The normalized spacial score (nSPS) is 12.1. The average Bonchev–Trinajstić information content (AvgIpc) is 3.18. The molecule has 3 rings (SSSR count). The fourth-order valence-corrected chi connectivity index (χ4v) is 2.90. The second-order valence-electron chi connectivity index (χ2n) is 6.32. The van der Waals surface area contributed by atoms with Crippen molar-refractivity contribution in [3.8, 4) is 0 Å². The molecule has 0 aliphatic rings. The number of aliphatic hydroxyl groups is 1. The van der Waals surface area contributed by atoms with E-state index in [2.05, 4.69) is 15.4 Å². The third-order valence-corrected chi connectivity index (χ3v) is 4.34. The molecule has 0 amide bonds. The number of anilines is 1. The number of hydrogen-bond acceptors (Lipinski definition) is 6. The van der Waals surface area contributed by atoms with Gasteiger partial charge in [0.1, 0.15) is 6.33 Å². The molecule has 0 radical (unpaired) electrons. The van der Waals surface area contributed by atoms with Crippen molar-refractivity contribution >= 4 is 17.3 Å². The molecule has 154 valence electrons. The number of benzene rings is 2. The summed E-state index contributed by atoms with van der Waals surface area (Å²) in [6.45, 7) is 1.60. The molecule has 2 aromatic carbocycles. The molecule has 1 aromatic heterocycles. The Morgan fingerprint density at radius 1 is 1.21 bits per heavy atom. The molecule has 1 heterocycles. The molecule has 3 aromatic rings. The lowest BCUT2D eigenvalue weighted by Crippen LogP contribution is -2.14. The molecule has 0 fully saturated rings. The van der Waals surface area contributed by atoms with Gasteiger partial charge in [0.25, 0.3) is 0 Å². The van der Waals surface area contributed by atoms with Gasteiger partial charge in [-0.1, -0.05) is 41.9 Å². The van der Waals surface area contributed by atoms with E-state index in [9.17, 15) is 9.50 Å². The Morgan fingerprint density at radius 2 is 2.00 bits per heavy atom. The van der Waals surface area contributed by atoms with Crippen LogP contribution in [0.2, 0.25) is 5.02 Å². The van der Waals surface area contributed by atoms with E-state index >= 15 is 0 Å². The Bertz CT molecular complexity index is 923. The van der Waals surface area contributed by atoms with Crippen molar-refractivity contribution in [3.63, 3.8) is 0 Å². The Kier molecular flexibility index (Phi) is 7.54. The average molecular weight is 421 g/mol. The highest BCUT2D eigenvalue weighted by Gasteiger charge is 2.17. The molecule has 1 unspecified atom stereocenters. The number of ether oxygens (including phenoxy) is 2. The molecule has 29 heavy (non-hydrogen) atoms. The molecule has 0 bridgehead atoms. The summed E-state index contributed by atoms with van der Waals surface area (Å²) in [7, 11) is 1.58. The smallest absolute Gasteiger partial charge is 0.200 e. The van der Waals surface area contributed by atoms with Crippen molar-refractivity contribution in [2.24, 2.45) is 0 Å². The molecule has 0 aliphatic heterocycles. The van der Waals surface area contributed by atoms with Gasteiger partial charge in [0.05, 0.1) is 37.1 Å². The second kappa shape index (κ2) is 10.3. The third-order valence-electron chi connectivity index (χ3n) is 4.07. The number of hydrogen-bond donors (Lipinski definition) is 2. The number of aromatic nitrogens is 3. The van der Waals surface area contributed by atoms with Gasteiger partial charge in [0, 0.05) is 7.11 Å². The summed E-state index contributed by atoms with van der Waals surface area (Å²) < 4.78 is 26.3. The first-order valence-corrected chi connectivity index (χ1v) is 9.37. The summed E-state index contributed by atoms with van der Waals surface area (Å²) in [6, 6.07) is 12.7. The van der Waals surface area contributed by atoms with Gasteiger partial charge in [-0.2, -0.15) is 5.10 Å². The van der Waals surface area contributed by atoms with Crippen molar-refractivity contribution in [2.75, 3.05) is 25.6 Å². The minimum atomic E-state index is -1.30. The van der Waals surface area contributed by atoms with E-state index in [0.29, 0.717) is 25.3 Å². The Balaban J connectivity index is 1.66. The van der Waals surface area contributed by atoms with Gasteiger partial charge in [-0.05, 0) is 23.3 Å². The maximum absolute atomic E-state index is 14.4. The topological polar surface area (TPSA) is 81.4 Å².